The van der Waals surface area contributed by atoms with E-state index in [9.17, 15) is 4.79 Å². The van der Waals surface area contributed by atoms with Gasteiger partial charge in [0.1, 0.15) is 5.65 Å². The fourth-order valence-corrected chi connectivity index (χ4v) is 4.31. The summed E-state index contributed by atoms with van der Waals surface area (Å²) in [5.41, 5.74) is 4.54. The maximum Gasteiger partial charge on any atom is 0.166 e. The molecule has 0 radical (unpaired) electrons. The zero-order chi connectivity index (χ0) is 17.8. The fourth-order valence-electron chi connectivity index (χ4n) is 2.79. The van der Waals surface area contributed by atoms with E-state index >= 15 is 0 Å². The topological polar surface area (TPSA) is 49.0 Å². The highest BCUT2D eigenvalue weighted by molar-refractivity contribution is 14.2. The largest absolute Gasteiger partial charge is 0.375 e. The summed E-state index contributed by atoms with van der Waals surface area (Å²) in [6.07, 6.45) is 4.76. The number of benzene rings is 1. The summed E-state index contributed by atoms with van der Waals surface area (Å²) < 4.78 is 0. The van der Waals surface area contributed by atoms with Gasteiger partial charge in [-0.15, -0.1) is 0 Å². The van der Waals surface area contributed by atoms with Crippen molar-refractivity contribution >= 4 is 52.4 Å². The van der Waals surface area contributed by atoms with E-state index in [1.807, 2.05) is 32.2 Å². The van der Waals surface area contributed by atoms with E-state index in [4.69, 9.17) is 0 Å². The van der Waals surface area contributed by atoms with E-state index in [1.54, 1.807) is 15.1 Å². The van der Waals surface area contributed by atoms with Gasteiger partial charge in [-0.3, -0.25) is 4.79 Å². The summed E-state index contributed by atoms with van der Waals surface area (Å²) in [6.45, 7) is 2.81. The van der Waals surface area contributed by atoms with Crippen LogP contribution in [0.1, 0.15) is 27.2 Å². The molecule has 128 valence electrons. The molecule has 0 unspecified atom stereocenters. The molecule has 3 rings (SSSR count). The average molecular weight is 463 g/mol. The molecule has 6 heteroatoms. The van der Waals surface area contributed by atoms with Crippen LogP contribution in [-0.2, 0) is 6.54 Å². The Morgan fingerprint density at radius 1 is 1.36 bits per heavy atom. The predicted molar refractivity (Wildman–Crippen MR) is 114 cm³/mol. The quantitative estimate of drug-likeness (QED) is 0.404. The molecule has 2 heterocycles. The Morgan fingerprint density at radius 2 is 2.12 bits per heavy atom. The Kier molecular flexibility index (Phi) is 5.80. The van der Waals surface area contributed by atoms with Crippen molar-refractivity contribution in [2.24, 2.45) is 0 Å². The lowest BCUT2D eigenvalue weighted by Gasteiger charge is -2.16. The third-order valence-electron chi connectivity index (χ3n) is 3.88. The van der Waals surface area contributed by atoms with Crippen LogP contribution in [0.15, 0.2) is 48.8 Å². The van der Waals surface area contributed by atoms with Gasteiger partial charge in [0.2, 0.25) is 0 Å². The van der Waals surface area contributed by atoms with Gasteiger partial charge in [-0.2, -0.15) is 0 Å². The minimum absolute atomic E-state index is 0.566. The third kappa shape index (κ3) is 4.07. The first-order chi connectivity index (χ1) is 12.1. The van der Waals surface area contributed by atoms with Gasteiger partial charge in [-0.05, 0) is 24.1 Å². The smallest absolute Gasteiger partial charge is 0.166 e. The van der Waals surface area contributed by atoms with E-state index in [1.165, 1.54) is 5.56 Å². The number of halogens is 1. The molecule has 0 fully saturated rings. The van der Waals surface area contributed by atoms with E-state index in [-0.39, 0.29) is 0 Å². The highest BCUT2D eigenvalue weighted by atomic mass is 127. The van der Waals surface area contributed by atoms with Crippen LogP contribution in [0.4, 0.5) is 0 Å². The van der Waals surface area contributed by atoms with Gasteiger partial charge in [0.15, 0.2) is 6.29 Å². The predicted octanol–water partition coefficient (Wildman–Crippen LogP) is 5.20. The number of aldehydes is 1. The van der Waals surface area contributed by atoms with E-state index < -0.39 is 0 Å². The van der Waals surface area contributed by atoms with Crippen LogP contribution in [0.5, 0.6) is 0 Å². The number of hydrogen-bond donors (Lipinski definition) is 1. The molecular weight excluding hydrogens is 445 g/mol. The first kappa shape index (κ1) is 18.0. The summed E-state index contributed by atoms with van der Waals surface area (Å²) in [4.78, 5) is 22.3. The van der Waals surface area contributed by atoms with Gasteiger partial charge >= 0.3 is 0 Å². The Morgan fingerprint density at radius 3 is 2.80 bits per heavy atom. The van der Waals surface area contributed by atoms with E-state index in [0.717, 1.165) is 39.9 Å². The summed E-state index contributed by atoms with van der Waals surface area (Å²) >= 11 is 2.26. The van der Waals surface area contributed by atoms with Crippen molar-refractivity contribution in [1.82, 2.24) is 14.9 Å². The second-order valence-corrected chi connectivity index (χ2v) is 7.83. The molecule has 0 saturated heterocycles. The van der Waals surface area contributed by atoms with Crippen LogP contribution < -0.4 is 0 Å². The standard InChI is InChI=1S/C19H18IN3OS/c1-13-8-15-18(16(12-24)22-19(15)21-9-13)17(25-20)11-23(2)10-14-6-4-3-5-7-14/h3-9,11-12H,10H2,1-2H3,(H,21,22)/b17-11+. The highest BCUT2D eigenvalue weighted by Gasteiger charge is 2.17. The van der Waals surface area contributed by atoms with Crippen molar-refractivity contribution in [3.05, 3.63) is 71.2 Å². The number of aromatic amines is 1. The fraction of sp³-hybridized carbons (Fsp3) is 0.158. The van der Waals surface area contributed by atoms with E-state index in [2.05, 4.69) is 60.5 Å². The lowest BCUT2D eigenvalue weighted by molar-refractivity contribution is 0.111. The van der Waals surface area contributed by atoms with Crippen molar-refractivity contribution in [3.8, 4) is 0 Å². The van der Waals surface area contributed by atoms with Crippen molar-refractivity contribution in [3.63, 3.8) is 0 Å². The average Bonchev–Trinajstić information content (AvgIpc) is 2.98. The van der Waals surface area contributed by atoms with Crippen molar-refractivity contribution in [2.75, 3.05) is 7.05 Å². The second kappa shape index (κ2) is 8.05. The van der Waals surface area contributed by atoms with Gasteiger partial charge < -0.3 is 9.88 Å². The van der Waals surface area contributed by atoms with Crippen LogP contribution in [-0.4, -0.2) is 28.2 Å². The minimum atomic E-state index is 0.566. The number of H-pyrrole nitrogens is 1. The number of nitrogens with zero attached hydrogens (tertiary/aromatic N) is 2. The number of fused-ring (bicyclic) bond motifs is 1. The Labute approximate surface area is 163 Å². The molecule has 25 heavy (non-hydrogen) atoms. The molecule has 0 saturated carbocycles. The molecule has 0 aliphatic rings. The summed E-state index contributed by atoms with van der Waals surface area (Å²) in [5.74, 6) is 0. The summed E-state index contributed by atoms with van der Waals surface area (Å²) in [6, 6.07) is 12.4. The lowest BCUT2D eigenvalue weighted by Crippen LogP contribution is -2.10. The zero-order valence-corrected chi connectivity index (χ0v) is 17.0. The Balaban J connectivity index is 2.01. The third-order valence-corrected chi connectivity index (χ3v) is 5.78. The number of rotatable bonds is 6. The lowest BCUT2D eigenvalue weighted by atomic mass is 10.1. The molecule has 0 aliphatic heterocycles. The Hall–Kier alpha value is -1.80. The molecule has 0 aliphatic carbocycles. The van der Waals surface area contributed by atoms with Gasteiger partial charge in [-0.1, -0.05) is 39.3 Å². The molecule has 1 aromatic carbocycles. The monoisotopic (exact) mass is 463 g/mol. The molecule has 0 atom stereocenters. The highest BCUT2D eigenvalue weighted by Crippen LogP contribution is 2.38. The van der Waals surface area contributed by atoms with Crippen LogP contribution >= 0.6 is 30.1 Å². The number of nitrogens with one attached hydrogen (secondary N) is 1. The first-order valence-electron chi connectivity index (χ1n) is 7.81. The van der Waals surface area contributed by atoms with Gasteiger partial charge in [0.05, 0.1) is 5.69 Å². The number of carbonyl (C=O) groups excluding carboxylic acids is 1. The summed E-state index contributed by atoms with van der Waals surface area (Å²) in [5, 5.41) is 0.977. The van der Waals surface area contributed by atoms with E-state index in [0.29, 0.717) is 5.69 Å². The van der Waals surface area contributed by atoms with Crippen molar-refractivity contribution in [1.29, 1.82) is 0 Å². The molecule has 0 spiro atoms. The van der Waals surface area contributed by atoms with Crippen LogP contribution in [0.3, 0.4) is 0 Å². The number of aryl methyl sites for hydroxylation is 1. The molecule has 2 aromatic heterocycles. The number of carbonyl (C=O) groups is 1. The summed E-state index contributed by atoms with van der Waals surface area (Å²) in [7, 11) is 3.64. The molecule has 4 nitrogen and oxygen atoms in total. The van der Waals surface area contributed by atoms with Crippen molar-refractivity contribution < 1.29 is 4.79 Å². The van der Waals surface area contributed by atoms with Crippen LogP contribution in [0.25, 0.3) is 15.9 Å². The molecule has 0 amide bonds. The van der Waals surface area contributed by atoms with Crippen molar-refractivity contribution in [2.45, 2.75) is 13.5 Å². The normalized spacial score (nSPS) is 11.7. The Bertz CT molecular complexity index is 921. The maximum absolute atomic E-state index is 11.6. The van der Waals surface area contributed by atoms with Gasteiger partial charge in [-0.25, -0.2) is 4.98 Å². The van der Waals surface area contributed by atoms with Crippen LogP contribution in [0.2, 0.25) is 0 Å². The second-order valence-electron chi connectivity index (χ2n) is 5.91. The molecule has 0 bridgehead atoms. The maximum atomic E-state index is 11.6. The van der Waals surface area contributed by atoms with Crippen LogP contribution in [0, 0.1) is 6.92 Å². The van der Waals surface area contributed by atoms with Gasteiger partial charge in [0.25, 0.3) is 0 Å². The number of hydrogen-bond acceptors (Lipinski definition) is 4. The molecule has 3 aromatic rings. The first-order valence-corrected chi connectivity index (χ1v) is 11.2. The number of aromatic nitrogens is 2. The molecular formula is C19H18IN3OS. The SMILES string of the molecule is Cc1cnc2[nH]c(C=O)c(/C(=C\N(C)Cc3ccccc3)SI)c2c1. The van der Waals surface area contributed by atoms with Gasteiger partial charge in [0, 0.05) is 63.0 Å². The zero-order valence-electron chi connectivity index (χ0n) is 14.0. The number of pyridine rings is 1. The molecule has 1 N–H and O–H groups in total. The minimum Gasteiger partial charge on any atom is -0.375 e.